The standard InChI is InChI=1S/C79H143N3O32/c1-4-6-8-10-12-14-16-18-19-20-21-22-23-24-25-27-29-31-33-35-37-39-57(93)81-49(50(90)38-36-34-32-30-28-26-17-15-13-11-9-7-5-2)47-105-75-66(100)65(99)70(56(45-87)109-75)111-76-67(101)72(62(96)53(42-84)106-76)112-74-60(80-48(3)89)64(98)69(55(44-86)108-74)110-77-68(102)73(63(97)54(43-85)107-77)114-79(78(103)104)40-51(91)59(82-58(94)46-88)71(113-79)61(95)52(92)41-83/h36,38,49-56,59-77,83-88,90-92,95-102H,4-35,37,39-47H2,1-3H3,(H,80,89)(H,81,93)(H,82,94)(H,103,104)/b38-36+/t49-,50+,51?,52+,53?,54?,55?,56?,59+,60?,61+,62-,63-,64+,65+,66?,67?,68?,69+,70+,71?,72-,73-,74-,75+,76-,77-,79-/m0/s1. The van der Waals surface area contributed by atoms with Crippen LogP contribution in [0.5, 0.6) is 0 Å². The molecule has 35 nitrogen and oxygen atoms in total. The van der Waals surface area contributed by atoms with Gasteiger partial charge in [-0.3, -0.25) is 14.4 Å². The molecule has 0 bridgehead atoms. The first-order chi connectivity index (χ1) is 54.8. The monoisotopic (exact) mass is 1650 g/mol. The fourth-order valence-corrected chi connectivity index (χ4v) is 15.4. The Labute approximate surface area is 670 Å². The smallest absolute Gasteiger partial charge is 0.364 e. The van der Waals surface area contributed by atoms with E-state index in [0.717, 1.165) is 58.3 Å². The van der Waals surface area contributed by atoms with Gasteiger partial charge < -0.3 is 155 Å². The van der Waals surface area contributed by atoms with Crippen molar-refractivity contribution in [2.75, 3.05) is 46.2 Å². The van der Waals surface area contributed by atoms with Gasteiger partial charge in [0.05, 0.1) is 63.9 Å². The van der Waals surface area contributed by atoms with Gasteiger partial charge in [-0.1, -0.05) is 219 Å². The summed E-state index contributed by atoms with van der Waals surface area (Å²) in [5.41, 5.74) is 0. The van der Waals surface area contributed by atoms with Gasteiger partial charge in [0.15, 0.2) is 25.2 Å². The lowest BCUT2D eigenvalue weighted by molar-refractivity contribution is -0.390. The van der Waals surface area contributed by atoms with Gasteiger partial charge in [0.2, 0.25) is 17.7 Å². The van der Waals surface area contributed by atoms with Crippen LogP contribution in [0.15, 0.2) is 12.2 Å². The molecule has 10 unspecified atom stereocenters. The molecule has 3 amide bonds. The van der Waals surface area contributed by atoms with E-state index in [9.17, 15) is 111 Å². The molecule has 5 saturated heterocycles. The number of aliphatic hydroxyl groups is 17. The quantitative estimate of drug-likeness (QED) is 0.0287. The van der Waals surface area contributed by atoms with Gasteiger partial charge in [0, 0.05) is 19.8 Å². The van der Waals surface area contributed by atoms with E-state index in [-0.39, 0.29) is 12.3 Å². The van der Waals surface area contributed by atoms with Crippen molar-refractivity contribution in [2.45, 2.75) is 417 Å². The molecule has 666 valence electrons. The van der Waals surface area contributed by atoms with Crippen molar-refractivity contribution >= 4 is 23.7 Å². The number of hydrogen-bond acceptors (Lipinski definition) is 31. The third-order valence-electron chi connectivity index (χ3n) is 22.2. The first-order valence-electron chi connectivity index (χ1n) is 42.3. The minimum atomic E-state index is -3.26. The largest absolute Gasteiger partial charge is 0.477 e. The molecule has 5 rings (SSSR count). The van der Waals surface area contributed by atoms with Crippen LogP contribution in [0.1, 0.15) is 245 Å². The molecule has 0 aromatic heterocycles. The fraction of sp³-hybridized carbons (Fsp3) is 0.924. The predicted molar refractivity (Wildman–Crippen MR) is 407 cm³/mol. The zero-order valence-corrected chi connectivity index (χ0v) is 67.2. The Kier molecular flexibility index (Phi) is 49.2. The molecule has 0 aromatic carbocycles. The summed E-state index contributed by atoms with van der Waals surface area (Å²) in [4.78, 5) is 51.9. The Hall–Kier alpha value is -3.46. The van der Waals surface area contributed by atoms with Gasteiger partial charge in [0.1, 0.15) is 123 Å². The minimum absolute atomic E-state index is 0.170. The van der Waals surface area contributed by atoms with E-state index in [1.807, 2.05) is 6.08 Å². The van der Waals surface area contributed by atoms with Gasteiger partial charge in [-0.15, -0.1) is 0 Å². The summed E-state index contributed by atoms with van der Waals surface area (Å²) in [5.74, 6) is -7.79. The highest BCUT2D eigenvalue weighted by Gasteiger charge is 2.61. The van der Waals surface area contributed by atoms with E-state index < -0.39 is 242 Å². The molecule has 5 aliphatic rings. The van der Waals surface area contributed by atoms with Crippen molar-refractivity contribution < 1.29 is 158 Å². The van der Waals surface area contributed by atoms with Crippen molar-refractivity contribution in [1.82, 2.24) is 16.0 Å². The average molecular weight is 1650 g/mol. The summed E-state index contributed by atoms with van der Waals surface area (Å²) < 4.78 is 58.7. The second kappa shape index (κ2) is 55.5. The van der Waals surface area contributed by atoms with Crippen molar-refractivity contribution in [3.05, 3.63) is 12.2 Å². The number of aliphatic hydroxyl groups excluding tert-OH is 17. The lowest BCUT2D eigenvalue weighted by Gasteiger charge is -2.51. The van der Waals surface area contributed by atoms with Gasteiger partial charge in [-0.05, 0) is 19.3 Å². The van der Waals surface area contributed by atoms with Crippen LogP contribution in [0.25, 0.3) is 0 Å². The van der Waals surface area contributed by atoms with Crippen molar-refractivity contribution in [1.29, 1.82) is 0 Å². The van der Waals surface area contributed by atoms with Crippen LogP contribution in [-0.2, 0) is 66.5 Å². The molecule has 0 radical (unpaired) electrons. The fourth-order valence-electron chi connectivity index (χ4n) is 15.4. The minimum Gasteiger partial charge on any atom is -0.477 e. The summed E-state index contributed by atoms with van der Waals surface area (Å²) in [6.07, 6.45) is -7.02. The maximum atomic E-state index is 13.6. The summed E-state index contributed by atoms with van der Waals surface area (Å²) in [5, 5.41) is 206. The highest BCUT2D eigenvalue weighted by atomic mass is 16.8. The molecule has 5 aliphatic heterocycles. The van der Waals surface area contributed by atoms with Gasteiger partial charge in [0.25, 0.3) is 5.79 Å². The Balaban J connectivity index is 1.21. The third-order valence-corrected chi connectivity index (χ3v) is 22.2. The van der Waals surface area contributed by atoms with E-state index in [0.29, 0.717) is 12.8 Å². The second-order valence-corrected chi connectivity index (χ2v) is 31.4. The van der Waals surface area contributed by atoms with Crippen molar-refractivity contribution in [3.8, 4) is 0 Å². The van der Waals surface area contributed by atoms with Crippen LogP contribution in [0.4, 0.5) is 0 Å². The maximum Gasteiger partial charge on any atom is 0.364 e. The number of carboxylic acids is 1. The molecule has 5 fully saturated rings. The number of carboxylic acid groups (broad SMARTS) is 1. The van der Waals surface area contributed by atoms with Crippen LogP contribution in [-0.4, -0.2) is 333 Å². The number of allylic oxidation sites excluding steroid dienone is 1. The normalized spacial score (nSPS) is 33.2. The number of hydrogen-bond donors (Lipinski definition) is 21. The molecule has 21 N–H and O–H groups in total. The highest BCUT2D eigenvalue weighted by molar-refractivity contribution is 5.78. The molecular formula is C79H143N3O32. The third kappa shape index (κ3) is 32.5. The molecule has 0 aliphatic carbocycles. The van der Waals surface area contributed by atoms with Crippen molar-refractivity contribution in [2.24, 2.45) is 0 Å². The van der Waals surface area contributed by atoms with E-state index in [1.165, 1.54) is 148 Å². The summed E-state index contributed by atoms with van der Waals surface area (Å²) in [7, 11) is 0. The lowest BCUT2D eigenvalue weighted by Crippen LogP contribution is -2.71. The number of aliphatic carboxylic acids is 1. The van der Waals surface area contributed by atoms with Crippen molar-refractivity contribution in [3.63, 3.8) is 0 Å². The number of amides is 3. The van der Waals surface area contributed by atoms with E-state index in [2.05, 4.69) is 29.8 Å². The van der Waals surface area contributed by atoms with Gasteiger partial charge in [-0.25, -0.2) is 4.79 Å². The zero-order chi connectivity index (χ0) is 83.7. The Morgan fingerprint density at radius 1 is 0.465 bits per heavy atom. The molecule has 28 atom stereocenters. The maximum absolute atomic E-state index is 13.6. The predicted octanol–water partition coefficient (Wildman–Crippen LogP) is 0.271. The SMILES string of the molecule is CCCCCCCCCCCCC/C=C/[C@@H](O)[C@H](CO[C@@H]1OC(CO)[C@@H](O[C@@H]2OC(CO)[C@H](O)[C@H](O[C@@H]3OC(CO)[C@@H](O[C@@H]4OC(CO)[C@H](O)[C@H](O[C@]5(C(=O)O)CC(O)[C@@H](NC(=O)CO)C([C@H](O)[C@H](O)CO)O5)C4O)[C@H](O)C3NC(C)=O)C2O)[C@H](O)C1O)NC(=O)CCCCCCCCCCCCCCCCCCCCCCC. The Morgan fingerprint density at radius 2 is 0.886 bits per heavy atom. The number of rotatable bonds is 59. The average Bonchev–Trinajstić information content (AvgIpc) is 0.599. The number of carbonyl (C=O) groups excluding carboxylic acids is 3. The van der Waals surface area contributed by atoms with E-state index >= 15 is 0 Å². The zero-order valence-electron chi connectivity index (χ0n) is 67.2. The molecule has 0 saturated carbocycles. The molecule has 0 spiro atoms. The Morgan fingerprint density at radius 3 is 1.33 bits per heavy atom. The first-order valence-corrected chi connectivity index (χ1v) is 42.3. The first kappa shape index (κ1) is 101. The molecular weight excluding hydrogens is 1500 g/mol. The summed E-state index contributed by atoms with van der Waals surface area (Å²) >= 11 is 0. The number of carbonyl (C=O) groups is 4. The topological polar surface area (TPSA) is 561 Å². The summed E-state index contributed by atoms with van der Waals surface area (Å²) in [6, 6.07) is -4.78. The molecule has 35 heteroatoms. The lowest BCUT2D eigenvalue weighted by atomic mass is 9.88. The molecule has 0 aromatic rings. The van der Waals surface area contributed by atoms with E-state index in [1.54, 1.807) is 6.08 Å². The van der Waals surface area contributed by atoms with Crippen LogP contribution < -0.4 is 16.0 Å². The van der Waals surface area contributed by atoms with Crippen LogP contribution in [0, 0.1) is 0 Å². The Bertz CT molecular complexity index is 2630. The van der Waals surface area contributed by atoms with Crippen LogP contribution in [0.3, 0.4) is 0 Å². The van der Waals surface area contributed by atoms with Crippen LogP contribution in [0.2, 0.25) is 0 Å². The highest BCUT2D eigenvalue weighted by Crippen LogP contribution is 2.40. The summed E-state index contributed by atoms with van der Waals surface area (Å²) in [6.45, 7) is -1.62. The molecule has 114 heavy (non-hydrogen) atoms. The van der Waals surface area contributed by atoms with Gasteiger partial charge >= 0.3 is 5.97 Å². The second-order valence-electron chi connectivity index (χ2n) is 31.4. The molecule has 5 heterocycles. The number of ether oxygens (including phenoxy) is 10. The van der Waals surface area contributed by atoms with E-state index in [4.69, 9.17) is 47.4 Å². The number of unbranched alkanes of at least 4 members (excludes halogenated alkanes) is 31. The van der Waals surface area contributed by atoms with Gasteiger partial charge in [-0.2, -0.15) is 0 Å². The van der Waals surface area contributed by atoms with Crippen LogP contribution >= 0.6 is 0 Å². The number of nitrogens with one attached hydrogen (secondary N) is 3.